The highest BCUT2D eigenvalue weighted by atomic mass is 79.9. The fourth-order valence-corrected chi connectivity index (χ4v) is 3.58. The highest BCUT2D eigenvalue weighted by Gasteiger charge is 2.31. The number of rotatable bonds is 6. The number of aliphatic hydroxyl groups excluding tert-OH is 1. The van der Waals surface area contributed by atoms with E-state index in [2.05, 4.69) is 34.7 Å². The molecule has 1 fully saturated rings. The van der Waals surface area contributed by atoms with Gasteiger partial charge in [0.1, 0.15) is 0 Å². The number of alkyl halides is 1. The predicted molar refractivity (Wildman–Crippen MR) is 73.1 cm³/mol. The van der Waals surface area contributed by atoms with Crippen LogP contribution in [0.2, 0.25) is 0 Å². The smallest absolute Gasteiger partial charge is 0.0586 e. The zero-order valence-corrected chi connectivity index (χ0v) is 12.3. The molecule has 1 rings (SSSR count). The summed E-state index contributed by atoms with van der Waals surface area (Å²) in [6, 6.07) is 0.408. The molecular formula is C13H26BrNO. The Morgan fingerprint density at radius 1 is 1.31 bits per heavy atom. The molecule has 96 valence electrons. The SMILES string of the molecule is CCC(CC)(CBr)CN1CCCCC1CO. The van der Waals surface area contributed by atoms with Crippen LogP contribution in [0.5, 0.6) is 0 Å². The zero-order chi connectivity index (χ0) is 12.0. The number of piperidine rings is 1. The van der Waals surface area contributed by atoms with Gasteiger partial charge in [0.15, 0.2) is 0 Å². The summed E-state index contributed by atoms with van der Waals surface area (Å²) in [6.07, 6.45) is 6.17. The standard InChI is InChI=1S/C13H26BrNO/c1-3-13(4-2,10-14)11-15-8-6-5-7-12(15)9-16/h12,16H,3-11H2,1-2H3. The summed E-state index contributed by atoms with van der Waals surface area (Å²) in [5.41, 5.74) is 0.394. The van der Waals surface area contributed by atoms with Gasteiger partial charge in [-0.05, 0) is 37.6 Å². The molecule has 1 N–H and O–H groups in total. The Morgan fingerprint density at radius 2 is 2.00 bits per heavy atom. The van der Waals surface area contributed by atoms with E-state index < -0.39 is 0 Å². The fraction of sp³-hybridized carbons (Fsp3) is 1.00. The first-order chi connectivity index (χ1) is 7.71. The average Bonchev–Trinajstić information content (AvgIpc) is 2.36. The van der Waals surface area contributed by atoms with Crippen LogP contribution in [0.1, 0.15) is 46.0 Å². The lowest BCUT2D eigenvalue weighted by Crippen LogP contribution is -2.48. The number of halogens is 1. The van der Waals surface area contributed by atoms with Gasteiger partial charge in [-0.25, -0.2) is 0 Å². The summed E-state index contributed by atoms with van der Waals surface area (Å²) < 4.78 is 0. The molecule has 1 aliphatic heterocycles. The largest absolute Gasteiger partial charge is 0.395 e. The summed E-state index contributed by atoms with van der Waals surface area (Å²) in [5.74, 6) is 0. The lowest BCUT2D eigenvalue weighted by atomic mass is 9.83. The Morgan fingerprint density at radius 3 is 2.50 bits per heavy atom. The van der Waals surface area contributed by atoms with Crippen molar-refractivity contribution in [2.75, 3.05) is 25.0 Å². The van der Waals surface area contributed by atoms with Crippen LogP contribution < -0.4 is 0 Å². The summed E-state index contributed by atoms with van der Waals surface area (Å²) >= 11 is 3.67. The molecule has 0 bridgehead atoms. The van der Waals surface area contributed by atoms with Gasteiger partial charge in [-0.15, -0.1) is 0 Å². The van der Waals surface area contributed by atoms with Gasteiger partial charge in [-0.3, -0.25) is 4.90 Å². The Kier molecular flexibility index (Phi) is 6.30. The Bertz CT molecular complexity index is 186. The van der Waals surface area contributed by atoms with E-state index in [-0.39, 0.29) is 0 Å². The first-order valence-electron chi connectivity index (χ1n) is 6.62. The van der Waals surface area contributed by atoms with Crippen LogP contribution in [-0.4, -0.2) is 41.1 Å². The van der Waals surface area contributed by atoms with Crippen molar-refractivity contribution in [3.8, 4) is 0 Å². The van der Waals surface area contributed by atoms with Crippen molar-refractivity contribution >= 4 is 15.9 Å². The molecule has 0 spiro atoms. The van der Waals surface area contributed by atoms with Crippen molar-refractivity contribution in [2.24, 2.45) is 5.41 Å². The van der Waals surface area contributed by atoms with Crippen molar-refractivity contribution in [2.45, 2.75) is 52.0 Å². The van der Waals surface area contributed by atoms with Crippen molar-refractivity contribution < 1.29 is 5.11 Å². The number of hydrogen-bond acceptors (Lipinski definition) is 2. The molecule has 0 aromatic heterocycles. The third kappa shape index (κ3) is 3.44. The molecule has 0 aliphatic carbocycles. The average molecular weight is 292 g/mol. The van der Waals surface area contributed by atoms with E-state index in [1.54, 1.807) is 0 Å². The third-order valence-electron chi connectivity index (χ3n) is 4.28. The number of aliphatic hydroxyl groups is 1. The number of likely N-dealkylation sites (tertiary alicyclic amines) is 1. The molecule has 1 heterocycles. The van der Waals surface area contributed by atoms with E-state index in [9.17, 15) is 5.11 Å². The number of hydrogen-bond donors (Lipinski definition) is 1. The second kappa shape index (κ2) is 6.97. The minimum Gasteiger partial charge on any atom is -0.395 e. The van der Waals surface area contributed by atoms with Gasteiger partial charge in [0.05, 0.1) is 6.61 Å². The van der Waals surface area contributed by atoms with Crippen LogP contribution in [-0.2, 0) is 0 Å². The van der Waals surface area contributed by atoms with Crippen molar-refractivity contribution in [3.63, 3.8) is 0 Å². The molecule has 1 aliphatic rings. The molecule has 1 unspecified atom stereocenters. The van der Waals surface area contributed by atoms with Crippen LogP contribution in [0.15, 0.2) is 0 Å². The van der Waals surface area contributed by atoms with Crippen LogP contribution in [0.3, 0.4) is 0 Å². The maximum absolute atomic E-state index is 9.42. The van der Waals surface area contributed by atoms with Gasteiger partial charge in [0.25, 0.3) is 0 Å². The highest BCUT2D eigenvalue weighted by molar-refractivity contribution is 9.09. The Balaban J connectivity index is 2.61. The minimum atomic E-state index is 0.325. The molecule has 0 saturated carbocycles. The zero-order valence-electron chi connectivity index (χ0n) is 10.7. The fourth-order valence-electron chi connectivity index (χ4n) is 2.61. The Hall–Kier alpha value is 0.400. The molecule has 0 amide bonds. The summed E-state index contributed by atoms with van der Waals surface area (Å²) in [7, 11) is 0. The first-order valence-corrected chi connectivity index (χ1v) is 7.74. The van der Waals surface area contributed by atoms with Crippen molar-refractivity contribution in [1.82, 2.24) is 4.90 Å². The Labute approximate surface area is 109 Å². The summed E-state index contributed by atoms with van der Waals surface area (Å²) in [6.45, 7) is 7.19. The molecule has 0 aromatic carbocycles. The maximum atomic E-state index is 9.42. The van der Waals surface area contributed by atoms with Gasteiger partial charge < -0.3 is 5.11 Å². The van der Waals surface area contributed by atoms with Gasteiger partial charge in [-0.2, -0.15) is 0 Å². The molecule has 2 nitrogen and oxygen atoms in total. The normalized spacial score (nSPS) is 23.6. The van der Waals surface area contributed by atoms with Crippen LogP contribution in [0.4, 0.5) is 0 Å². The second-order valence-corrected chi connectivity index (χ2v) is 5.70. The van der Waals surface area contributed by atoms with E-state index >= 15 is 0 Å². The van der Waals surface area contributed by atoms with E-state index in [0.29, 0.717) is 18.1 Å². The molecule has 3 heteroatoms. The molecular weight excluding hydrogens is 266 g/mol. The summed E-state index contributed by atoms with van der Waals surface area (Å²) in [5, 5.41) is 10.5. The quantitative estimate of drug-likeness (QED) is 0.761. The topological polar surface area (TPSA) is 23.5 Å². The second-order valence-electron chi connectivity index (χ2n) is 5.14. The molecule has 0 aromatic rings. The van der Waals surface area contributed by atoms with Gasteiger partial charge in [-0.1, -0.05) is 36.2 Å². The van der Waals surface area contributed by atoms with Gasteiger partial charge in [0.2, 0.25) is 0 Å². The van der Waals surface area contributed by atoms with E-state index in [4.69, 9.17) is 0 Å². The lowest BCUT2D eigenvalue weighted by molar-refractivity contribution is 0.0517. The lowest BCUT2D eigenvalue weighted by Gasteiger charge is -2.41. The first kappa shape index (κ1) is 14.5. The van der Waals surface area contributed by atoms with E-state index in [1.807, 2.05) is 0 Å². The van der Waals surface area contributed by atoms with Crippen LogP contribution >= 0.6 is 15.9 Å². The number of nitrogens with zero attached hydrogens (tertiary/aromatic N) is 1. The van der Waals surface area contributed by atoms with E-state index in [1.165, 1.54) is 38.6 Å². The van der Waals surface area contributed by atoms with E-state index in [0.717, 1.165) is 11.9 Å². The molecule has 1 saturated heterocycles. The monoisotopic (exact) mass is 291 g/mol. The minimum absolute atomic E-state index is 0.325. The summed E-state index contributed by atoms with van der Waals surface area (Å²) in [4.78, 5) is 2.51. The van der Waals surface area contributed by atoms with Gasteiger partial charge in [0, 0.05) is 17.9 Å². The van der Waals surface area contributed by atoms with Gasteiger partial charge >= 0.3 is 0 Å². The van der Waals surface area contributed by atoms with Crippen LogP contribution in [0.25, 0.3) is 0 Å². The van der Waals surface area contributed by atoms with Crippen molar-refractivity contribution in [1.29, 1.82) is 0 Å². The van der Waals surface area contributed by atoms with Crippen molar-refractivity contribution in [3.05, 3.63) is 0 Å². The predicted octanol–water partition coefficient (Wildman–Crippen LogP) is 3.03. The molecule has 16 heavy (non-hydrogen) atoms. The third-order valence-corrected chi connectivity index (χ3v) is 5.47. The molecule has 0 radical (unpaired) electrons. The maximum Gasteiger partial charge on any atom is 0.0586 e. The molecule has 1 atom stereocenters. The van der Waals surface area contributed by atoms with Crippen LogP contribution in [0, 0.1) is 5.41 Å². The highest BCUT2D eigenvalue weighted by Crippen LogP contribution is 2.32.